The zero-order valence-electron chi connectivity index (χ0n) is 19.2. The molecule has 4 heterocycles. The Kier molecular flexibility index (Phi) is 6.67. The molecule has 2 amide bonds. The van der Waals surface area contributed by atoms with Crippen molar-refractivity contribution in [3.8, 4) is 11.3 Å². The van der Waals surface area contributed by atoms with E-state index in [2.05, 4.69) is 10.2 Å². The van der Waals surface area contributed by atoms with Crippen molar-refractivity contribution in [2.45, 2.75) is 23.7 Å². The lowest BCUT2D eigenvalue weighted by Crippen LogP contribution is -2.55. The molecular formula is C26H24N4O4S. The summed E-state index contributed by atoms with van der Waals surface area (Å²) in [5, 5.41) is 9.37. The van der Waals surface area contributed by atoms with Crippen LogP contribution in [-0.2, 0) is 5.75 Å². The zero-order chi connectivity index (χ0) is 24.2. The molecule has 1 saturated heterocycles. The van der Waals surface area contributed by atoms with Gasteiger partial charge in [-0.1, -0.05) is 42.1 Å². The number of nitrogens with zero attached hydrogens (tertiary/aromatic N) is 4. The van der Waals surface area contributed by atoms with Crippen LogP contribution in [0.5, 0.6) is 0 Å². The minimum atomic E-state index is -0.176. The van der Waals surface area contributed by atoms with Gasteiger partial charge in [0.15, 0.2) is 11.5 Å². The van der Waals surface area contributed by atoms with E-state index in [1.54, 1.807) is 28.0 Å². The highest BCUT2D eigenvalue weighted by molar-refractivity contribution is 7.98. The van der Waals surface area contributed by atoms with Crippen LogP contribution in [0.1, 0.15) is 33.8 Å². The molecule has 3 aromatic heterocycles. The maximum absolute atomic E-state index is 13.0. The van der Waals surface area contributed by atoms with E-state index in [9.17, 15) is 9.59 Å². The summed E-state index contributed by atoms with van der Waals surface area (Å²) < 4.78 is 11.1. The third kappa shape index (κ3) is 5.14. The molecule has 8 nitrogen and oxygen atoms in total. The topological polar surface area (TPSA) is 92.7 Å². The minimum Gasteiger partial charge on any atom is -0.459 e. The summed E-state index contributed by atoms with van der Waals surface area (Å²) in [6, 6.07) is 20.5. The molecule has 0 N–H and O–H groups in total. The maximum Gasteiger partial charge on any atom is 0.289 e. The number of hydrogen-bond donors (Lipinski definition) is 0. The summed E-state index contributed by atoms with van der Waals surface area (Å²) in [4.78, 5) is 29.0. The molecule has 0 spiro atoms. The van der Waals surface area contributed by atoms with Crippen LogP contribution in [-0.4, -0.2) is 57.5 Å². The van der Waals surface area contributed by atoms with Crippen LogP contribution in [0.25, 0.3) is 11.3 Å². The monoisotopic (exact) mass is 488 g/mol. The average molecular weight is 489 g/mol. The summed E-state index contributed by atoms with van der Waals surface area (Å²) in [5.74, 6) is 1.49. The van der Waals surface area contributed by atoms with Crippen molar-refractivity contribution in [1.82, 2.24) is 20.0 Å². The predicted molar refractivity (Wildman–Crippen MR) is 131 cm³/mol. The van der Waals surface area contributed by atoms with Gasteiger partial charge in [0.05, 0.1) is 17.7 Å². The molecule has 0 radical (unpaired) electrons. The van der Waals surface area contributed by atoms with Crippen LogP contribution in [0.3, 0.4) is 0 Å². The predicted octanol–water partition coefficient (Wildman–Crippen LogP) is 4.61. The second-order valence-corrected chi connectivity index (χ2v) is 9.25. The normalized spacial score (nSPS) is 15.9. The van der Waals surface area contributed by atoms with E-state index in [1.165, 1.54) is 18.0 Å². The minimum absolute atomic E-state index is 0.132. The lowest BCUT2D eigenvalue weighted by atomic mass is 10.1. The van der Waals surface area contributed by atoms with Crippen molar-refractivity contribution in [3.63, 3.8) is 0 Å². The van der Waals surface area contributed by atoms with E-state index in [0.29, 0.717) is 42.7 Å². The van der Waals surface area contributed by atoms with Gasteiger partial charge in [0.25, 0.3) is 11.8 Å². The number of benzene rings is 1. The van der Waals surface area contributed by atoms with Crippen molar-refractivity contribution in [1.29, 1.82) is 0 Å². The van der Waals surface area contributed by atoms with Crippen molar-refractivity contribution >= 4 is 23.6 Å². The fourth-order valence-electron chi connectivity index (χ4n) is 4.02. The van der Waals surface area contributed by atoms with Gasteiger partial charge in [-0.2, -0.15) is 0 Å². The van der Waals surface area contributed by atoms with Gasteiger partial charge < -0.3 is 18.6 Å². The molecule has 1 aromatic carbocycles. The highest BCUT2D eigenvalue weighted by Crippen LogP contribution is 2.25. The number of aromatic nitrogens is 2. The Bertz CT molecular complexity index is 1290. The first-order valence-electron chi connectivity index (χ1n) is 11.3. The Morgan fingerprint density at radius 3 is 2.51 bits per heavy atom. The zero-order valence-corrected chi connectivity index (χ0v) is 20.0. The number of amides is 2. The number of furan rings is 2. The van der Waals surface area contributed by atoms with Gasteiger partial charge in [0, 0.05) is 31.2 Å². The Hall–Kier alpha value is -3.85. The quantitative estimate of drug-likeness (QED) is 0.366. The molecule has 9 heteroatoms. The lowest BCUT2D eigenvalue weighted by Gasteiger charge is -2.39. The van der Waals surface area contributed by atoms with Crippen molar-refractivity contribution < 1.29 is 18.4 Å². The summed E-state index contributed by atoms with van der Waals surface area (Å²) >= 11 is 1.50. The molecule has 4 aromatic rings. The van der Waals surface area contributed by atoms with Gasteiger partial charge in [-0.3, -0.25) is 9.59 Å². The average Bonchev–Trinajstić information content (AvgIpc) is 3.60. The molecule has 1 atom stereocenters. The summed E-state index contributed by atoms with van der Waals surface area (Å²) in [6.45, 7) is 3.23. The van der Waals surface area contributed by atoms with Gasteiger partial charge in [0.2, 0.25) is 0 Å². The SMILES string of the molecule is CC1CN(C(=O)c2ccc(CSc3ccc(-c4ccccc4)nn3)o2)CCN1C(=O)c1ccco1. The Morgan fingerprint density at radius 2 is 1.80 bits per heavy atom. The maximum atomic E-state index is 13.0. The summed E-state index contributed by atoms with van der Waals surface area (Å²) in [5.41, 5.74) is 1.84. The van der Waals surface area contributed by atoms with Crippen molar-refractivity contribution in [3.05, 3.63) is 90.3 Å². The van der Waals surface area contributed by atoms with Gasteiger partial charge in [-0.25, -0.2) is 0 Å². The van der Waals surface area contributed by atoms with E-state index < -0.39 is 0 Å². The Labute approximate surface area is 206 Å². The van der Waals surface area contributed by atoms with Crippen LogP contribution in [0.4, 0.5) is 0 Å². The molecule has 0 bridgehead atoms. The second kappa shape index (κ2) is 10.2. The Morgan fingerprint density at radius 1 is 0.943 bits per heavy atom. The highest BCUT2D eigenvalue weighted by Gasteiger charge is 2.32. The van der Waals surface area contributed by atoms with Gasteiger partial charge in [-0.15, -0.1) is 10.2 Å². The molecule has 1 fully saturated rings. The van der Waals surface area contributed by atoms with E-state index in [0.717, 1.165) is 16.3 Å². The molecule has 1 aliphatic heterocycles. The Balaban J connectivity index is 1.15. The standard InChI is InChI=1S/C26H24N4O4S/c1-18-16-29(13-14-30(18)26(32)22-8-5-15-33-22)25(31)23-11-9-20(34-23)17-35-24-12-10-21(27-28-24)19-6-3-2-4-7-19/h2-12,15,18H,13-14,16-17H2,1H3. The van der Waals surface area contributed by atoms with Crippen LogP contribution >= 0.6 is 11.8 Å². The number of piperazine rings is 1. The smallest absolute Gasteiger partial charge is 0.289 e. The highest BCUT2D eigenvalue weighted by atomic mass is 32.2. The van der Waals surface area contributed by atoms with Crippen molar-refractivity contribution in [2.75, 3.05) is 19.6 Å². The van der Waals surface area contributed by atoms with Gasteiger partial charge in [-0.05, 0) is 43.3 Å². The molecule has 5 rings (SSSR count). The molecular weight excluding hydrogens is 464 g/mol. The fraction of sp³-hybridized carbons (Fsp3) is 0.231. The molecule has 1 unspecified atom stereocenters. The van der Waals surface area contributed by atoms with Crippen LogP contribution < -0.4 is 0 Å². The number of rotatable bonds is 6. The van der Waals surface area contributed by atoms with E-state index in [1.807, 2.05) is 55.5 Å². The number of carbonyl (C=O) groups is 2. The third-order valence-corrected chi connectivity index (χ3v) is 6.79. The van der Waals surface area contributed by atoms with Crippen LogP contribution in [0.2, 0.25) is 0 Å². The van der Waals surface area contributed by atoms with Gasteiger partial charge >= 0.3 is 0 Å². The van der Waals surface area contributed by atoms with Crippen LogP contribution in [0.15, 0.2) is 86.9 Å². The fourth-order valence-corrected chi connectivity index (χ4v) is 4.72. The van der Waals surface area contributed by atoms with Crippen molar-refractivity contribution in [2.24, 2.45) is 0 Å². The third-order valence-electron chi connectivity index (χ3n) is 5.85. The van der Waals surface area contributed by atoms with E-state index >= 15 is 0 Å². The summed E-state index contributed by atoms with van der Waals surface area (Å²) in [6.07, 6.45) is 1.48. The van der Waals surface area contributed by atoms with E-state index in [-0.39, 0.29) is 17.9 Å². The first kappa shape index (κ1) is 22.9. The molecule has 0 aliphatic carbocycles. The largest absolute Gasteiger partial charge is 0.459 e. The molecule has 0 saturated carbocycles. The summed E-state index contributed by atoms with van der Waals surface area (Å²) in [7, 11) is 0. The molecule has 178 valence electrons. The molecule has 1 aliphatic rings. The lowest BCUT2D eigenvalue weighted by molar-refractivity contribution is 0.0381. The molecule has 35 heavy (non-hydrogen) atoms. The van der Waals surface area contributed by atoms with Crippen LogP contribution in [0, 0.1) is 0 Å². The first-order chi connectivity index (χ1) is 17.1. The second-order valence-electron chi connectivity index (χ2n) is 8.25. The number of thioether (sulfide) groups is 1. The number of carbonyl (C=O) groups excluding carboxylic acids is 2. The first-order valence-corrected chi connectivity index (χ1v) is 12.3. The van der Waals surface area contributed by atoms with Gasteiger partial charge in [0.1, 0.15) is 10.8 Å². The number of hydrogen-bond acceptors (Lipinski definition) is 7. The van der Waals surface area contributed by atoms with E-state index in [4.69, 9.17) is 8.83 Å².